The number of H-pyrrole nitrogens is 1. The number of nitrogens with one attached hydrogen (secondary N) is 1. The van der Waals surface area contributed by atoms with E-state index in [2.05, 4.69) is 41.2 Å². The number of hydrogen-bond donors (Lipinski definition) is 1. The van der Waals surface area contributed by atoms with E-state index in [0.717, 1.165) is 34.5 Å². The molecule has 2 aromatic heterocycles. The molecule has 0 saturated heterocycles. The van der Waals surface area contributed by atoms with Gasteiger partial charge >= 0.3 is 0 Å². The molecule has 0 atom stereocenters. The van der Waals surface area contributed by atoms with E-state index < -0.39 is 0 Å². The first kappa shape index (κ1) is 13.3. The Labute approximate surface area is 132 Å². The highest BCUT2D eigenvalue weighted by molar-refractivity contribution is 7.16. The number of fused-ring (bicyclic) bond motifs is 2. The van der Waals surface area contributed by atoms with Crippen molar-refractivity contribution in [3.05, 3.63) is 51.5 Å². The highest BCUT2D eigenvalue weighted by atomic mass is 32.1. The van der Waals surface area contributed by atoms with Gasteiger partial charge in [-0.3, -0.25) is 0 Å². The molecule has 108 valence electrons. The van der Waals surface area contributed by atoms with E-state index in [0.29, 0.717) is 0 Å². The molecule has 0 amide bonds. The molecule has 1 aliphatic rings. The van der Waals surface area contributed by atoms with Crippen LogP contribution in [0, 0.1) is 18.3 Å². The van der Waals surface area contributed by atoms with Gasteiger partial charge in [0.15, 0.2) is 0 Å². The molecule has 22 heavy (non-hydrogen) atoms. The smallest absolute Gasteiger partial charge is 0.134 e. The van der Waals surface area contributed by atoms with Crippen molar-refractivity contribution in [1.29, 1.82) is 5.26 Å². The summed E-state index contributed by atoms with van der Waals surface area (Å²) in [5.74, 6) is 0. The minimum absolute atomic E-state index is 0.782. The normalized spacial score (nSPS) is 13.8. The fourth-order valence-electron chi connectivity index (χ4n) is 3.16. The van der Waals surface area contributed by atoms with Gasteiger partial charge in [-0.2, -0.15) is 5.26 Å². The fraction of sp³-hybridized carbons (Fsp3) is 0.222. The topological polar surface area (TPSA) is 51.9 Å². The maximum Gasteiger partial charge on any atom is 0.134 e. The summed E-state index contributed by atoms with van der Waals surface area (Å²) in [6, 6.07) is 8.59. The number of aryl methyl sites for hydroxylation is 2. The van der Waals surface area contributed by atoms with Gasteiger partial charge in [-0.15, -0.1) is 11.3 Å². The molecule has 0 spiro atoms. The Balaban J connectivity index is 1.76. The molecule has 0 radical (unpaired) electrons. The van der Waals surface area contributed by atoms with Crippen LogP contribution in [0.15, 0.2) is 29.4 Å². The number of aromatic nitrogens is 1. The second-order valence-electron chi connectivity index (χ2n) is 5.65. The molecule has 4 heteroatoms. The Kier molecular flexibility index (Phi) is 3.09. The van der Waals surface area contributed by atoms with Crippen molar-refractivity contribution in [1.82, 2.24) is 4.98 Å². The average molecular weight is 305 g/mol. The lowest BCUT2D eigenvalue weighted by molar-refractivity contribution is 0.913. The Hall–Kier alpha value is -2.38. The molecule has 0 aliphatic heterocycles. The number of para-hydroxylation sites is 1. The first-order chi connectivity index (χ1) is 10.8. The molecule has 3 nitrogen and oxygen atoms in total. The fourth-order valence-corrected chi connectivity index (χ4v) is 4.34. The first-order valence-corrected chi connectivity index (χ1v) is 8.25. The van der Waals surface area contributed by atoms with Gasteiger partial charge in [0.25, 0.3) is 0 Å². The molecular weight excluding hydrogens is 290 g/mol. The van der Waals surface area contributed by atoms with Crippen LogP contribution in [-0.4, -0.2) is 11.2 Å². The number of benzene rings is 1. The summed E-state index contributed by atoms with van der Waals surface area (Å²) in [5, 5.41) is 11.4. The molecule has 1 aromatic carbocycles. The molecule has 3 aromatic rings. The second-order valence-corrected chi connectivity index (χ2v) is 6.73. The summed E-state index contributed by atoms with van der Waals surface area (Å²) < 4.78 is 0. The van der Waals surface area contributed by atoms with Crippen molar-refractivity contribution in [2.24, 2.45) is 4.99 Å². The first-order valence-electron chi connectivity index (χ1n) is 7.43. The van der Waals surface area contributed by atoms with Crippen LogP contribution in [0.3, 0.4) is 0 Å². The summed E-state index contributed by atoms with van der Waals surface area (Å²) in [6.45, 7) is 2.09. The van der Waals surface area contributed by atoms with Crippen LogP contribution in [0.1, 0.15) is 33.6 Å². The number of aliphatic imine (C=N–C) groups is 1. The summed E-state index contributed by atoms with van der Waals surface area (Å²) in [6.07, 6.45) is 7.14. The van der Waals surface area contributed by atoms with Gasteiger partial charge in [-0.25, -0.2) is 4.99 Å². The van der Waals surface area contributed by atoms with E-state index >= 15 is 0 Å². The van der Waals surface area contributed by atoms with E-state index in [4.69, 9.17) is 0 Å². The molecule has 0 bridgehead atoms. The van der Waals surface area contributed by atoms with Crippen LogP contribution in [0.4, 0.5) is 5.00 Å². The molecule has 1 N–H and O–H groups in total. The Morgan fingerprint density at radius 2 is 2.27 bits per heavy atom. The van der Waals surface area contributed by atoms with Crippen LogP contribution in [0.2, 0.25) is 0 Å². The van der Waals surface area contributed by atoms with Gasteiger partial charge in [0.2, 0.25) is 0 Å². The van der Waals surface area contributed by atoms with Crippen molar-refractivity contribution < 1.29 is 0 Å². The highest BCUT2D eigenvalue weighted by Crippen LogP contribution is 2.40. The van der Waals surface area contributed by atoms with Crippen molar-refractivity contribution in [3.63, 3.8) is 0 Å². The standard InChI is InChI=1S/C18H15N3S/c1-11-4-2-5-13-12(9-20-17(11)13)10-21-18-15(8-19)14-6-3-7-16(14)22-18/h2,4-5,9-10,20H,3,6-7H2,1H3. The lowest BCUT2D eigenvalue weighted by Gasteiger charge is -1.95. The average Bonchev–Trinajstić information content (AvgIpc) is 3.19. The van der Waals surface area contributed by atoms with Gasteiger partial charge < -0.3 is 4.98 Å². The molecule has 4 rings (SSSR count). The number of nitriles is 1. The second kappa shape index (κ2) is 5.11. The molecule has 0 saturated carbocycles. The molecule has 0 fully saturated rings. The Bertz CT molecular complexity index is 937. The predicted octanol–water partition coefficient (Wildman–Crippen LogP) is 4.65. The number of rotatable bonds is 2. The minimum atomic E-state index is 0.782. The third-order valence-corrected chi connectivity index (χ3v) is 5.49. The maximum absolute atomic E-state index is 9.41. The van der Waals surface area contributed by atoms with Crippen LogP contribution in [0.25, 0.3) is 10.9 Å². The SMILES string of the molecule is Cc1cccc2c(C=Nc3sc4c(c3C#N)CCC4)c[nH]c12. The van der Waals surface area contributed by atoms with Crippen molar-refractivity contribution in [2.75, 3.05) is 0 Å². The summed E-state index contributed by atoms with van der Waals surface area (Å²) >= 11 is 1.67. The van der Waals surface area contributed by atoms with Gasteiger partial charge in [0, 0.05) is 33.8 Å². The van der Waals surface area contributed by atoms with Crippen LogP contribution < -0.4 is 0 Å². The van der Waals surface area contributed by atoms with Crippen LogP contribution in [-0.2, 0) is 12.8 Å². The Morgan fingerprint density at radius 1 is 1.36 bits per heavy atom. The van der Waals surface area contributed by atoms with E-state index in [1.165, 1.54) is 27.8 Å². The molecular formula is C18H15N3S. The van der Waals surface area contributed by atoms with Crippen LogP contribution in [0.5, 0.6) is 0 Å². The maximum atomic E-state index is 9.41. The van der Waals surface area contributed by atoms with Crippen molar-refractivity contribution >= 4 is 33.5 Å². The lowest BCUT2D eigenvalue weighted by Crippen LogP contribution is -1.81. The van der Waals surface area contributed by atoms with Crippen molar-refractivity contribution in [2.45, 2.75) is 26.2 Å². The lowest BCUT2D eigenvalue weighted by atomic mass is 10.1. The summed E-state index contributed by atoms with van der Waals surface area (Å²) in [7, 11) is 0. The van der Waals surface area contributed by atoms with E-state index in [1.807, 2.05) is 12.4 Å². The van der Waals surface area contributed by atoms with Gasteiger partial charge in [-0.1, -0.05) is 18.2 Å². The molecule has 1 aliphatic carbocycles. The van der Waals surface area contributed by atoms with Gasteiger partial charge in [0.1, 0.15) is 11.1 Å². The Morgan fingerprint density at radius 3 is 3.14 bits per heavy atom. The van der Waals surface area contributed by atoms with E-state index in [-0.39, 0.29) is 0 Å². The molecule has 2 heterocycles. The largest absolute Gasteiger partial charge is 0.360 e. The summed E-state index contributed by atoms with van der Waals surface area (Å²) in [4.78, 5) is 9.27. The third kappa shape index (κ3) is 1.98. The minimum Gasteiger partial charge on any atom is -0.360 e. The quantitative estimate of drug-likeness (QED) is 0.688. The van der Waals surface area contributed by atoms with Crippen LogP contribution >= 0.6 is 11.3 Å². The zero-order valence-electron chi connectivity index (χ0n) is 12.3. The monoisotopic (exact) mass is 305 g/mol. The highest BCUT2D eigenvalue weighted by Gasteiger charge is 2.21. The zero-order chi connectivity index (χ0) is 15.1. The van der Waals surface area contributed by atoms with Crippen molar-refractivity contribution in [3.8, 4) is 6.07 Å². The van der Waals surface area contributed by atoms with Gasteiger partial charge in [-0.05, 0) is 37.3 Å². The predicted molar refractivity (Wildman–Crippen MR) is 91.3 cm³/mol. The third-order valence-electron chi connectivity index (χ3n) is 4.29. The molecule has 0 unspecified atom stereocenters. The number of thiophene rings is 1. The van der Waals surface area contributed by atoms with E-state index in [9.17, 15) is 5.26 Å². The number of nitrogens with zero attached hydrogens (tertiary/aromatic N) is 2. The zero-order valence-corrected chi connectivity index (χ0v) is 13.1. The number of hydrogen-bond acceptors (Lipinski definition) is 3. The van der Waals surface area contributed by atoms with E-state index in [1.54, 1.807) is 11.3 Å². The summed E-state index contributed by atoms with van der Waals surface area (Å²) in [5.41, 5.74) is 5.46. The number of aromatic amines is 1. The van der Waals surface area contributed by atoms with Gasteiger partial charge in [0.05, 0.1) is 5.56 Å².